The first-order valence-electron chi connectivity index (χ1n) is 10.7. The van der Waals surface area contributed by atoms with Gasteiger partial charge >= 0.3 is 0 Å². The summed E-state index contributed by atoms with van der Waals surface area (Å²) in [7, 11) is 0. The summed E-state index contributed by atoms with van der Waals surface area (Å²) >= 11 is 0. The summed E-state index contributed by atoms with van der Waals surface area (Å²) in [6.45, 7) is 7.29. The lowest BCUT2D eigenvalue weighted by Gasteiger charge is -2.35. The highest BCUT2D eigenvalue weighted by atomic mass is 16.2. The summed E-state index contributed by atoms with van der Waals surface area (Å²) in [5.74, 6) is 1.94. The lowest BCUT2D eigenvalue weighted by atomic mass is 10.0. The largest absolute Gasteiger partial charge is 0.336 e. The van der Waals surface area contributed by atoms with Gasteiger partial charge in [-0.15, -0.1) is 10.2 Å². The summed E-state index contributed by atoms with van der Waals surface area (Å²) in [5.41, 5.74) is 0.622. The SMILES string of the molecule is CCC(=O)N1CCCCC1c1nnc2n1CCN(C(=O)c1cnn(CC)c1)CC2. The van der Waals surface area contributed by atoms with E-state index in [9.17, 15) is 9.59 Å². The molecule has 0 bridgehead atoms. The molecular weight excluding hydrogens is 370 g/mol. The molecule has 156 valence electrons. The predicted octanol–water partition coefficient (Wildman–Crippen LogP) is 1.66. The van der Waals surface area contributed by atoms with Gasteiger partial charge in [-0.25, -0.2) is 0 Å². The van der Waals surface area contributed by atoms with Gasteiger partial charge in [0, 0.05) is 51.8 Å². The number of piperidine rings is 1. The van der Waals surface area contributed by atoms with Crippen molar-refractivity contribution in [2.24, 2.45) is 0 Å². The Morgan fingerprint density at radius 1 is 1.10 bits per heavy atom. The summed E-state index contributed by atoms with van der Waals surface area (Å²) in [6.07, 6.45) is 7.65. The van der Waals surface area contributed by atoms with Gasteiger partial charge in [0.2, 0.25) is 5.91 Å². The van der Waals surface area contributed by atoms with Crippen LogP contribution in [0, 0.1) is 0 Å². The van der Waals surface area contributed by atoms with E-state index in [1.165, 1.54) is 0 Å². The van der Waals surface area contributed by atoms with Gasteiger partial charge in [-0.05, 0) is 26.2 Å². The molecule has 0 saturated carbocycles. The Kier molecular flexibility index (Phi) is 5.64. The normalized spacial score (nSPS) is 19.7. The lowest BCUT2D eigenvalue weighted by Crippen LogP contribution is -2.39. The molecule has 0 N–H and O–H groups in total. The molecule has 2 amide bonds. The number of aryl methyl sites for hydroxylation is 1. The Morgan fingerprint density at radius 3 is 2.72 bits per heavy atom. The number of aromatic nitrogens is 5. The Morgan fingerprint density at radius 2 is 1.97 bits per heavy atom. The summed E-state index contributed by atoms with van der Waals surface area (Å²) in [4.78, 5) is 29.2. The van der Waals surface area contributed by atoms with Crippen LogP contribution in [0.15, 0.2) is 12.4 Å². The van der Waals surface area contributed by atoms with E-state index >= 15 is 0 Å². The third-order valence-electron chi connectivity index (χ3n) is 5.97. The average molecular weight is 399 g/mol. The molecule has 1 atom stereocenters. The number of hydrogen-bond acceptors (Lipinski definition) is 5. The first kappa shape index (κ1) is 19.6. The molecule has 4 rings (SSSR count). The molecule has 2 aromatic rings. The van der Waals surface area contributed by atoms with Crippen LogP contribution in [0.25, 0.3) is 0 Å². The number of fused-ring (bicyclic) bond motifs is 1. The smallest absolute Gasteiger partial charge is 0.257 e. The molecule has 9 nitrogen and oxygen atoms in total. The van der Waals surface area contributed by atoms with E-state index in [2.05, 4.69) is 19.9 Å². The highest BCUT2D eigenvalue weighted by Gasteiger charge is 2.33. The summed E-state index contributed by atoms with van der Waals surface area (Å²) in [5, 5.41) is 13.1. The molecule has 1 unspecified atom stereocenters. The van der Waals surface area contributed by atoms with Crippen molar-refractivity contribution in [2.75, 3.05) is 19.6 Å². The predicted molar refractivity (Wildman–Crippen MR) is 106 cm³/mol. The average Bonchev–Trinajstić information content (AvgIpc) is 3.35. The van der Waals surface area contributed by atoms with E-state index in [-0.39, 0.29) is 17.9 Å². The van der Waals surface area contributed by atoms with Gasteiger partial charge in [0.25, 0.3) is 5.91 Å². The fraction of sp³-hybridized carbons (Fsp3) is 0.650. The topological polar surface area (TPSA) is 89.2 Å². The highest BCUT2D eigenvalue weighted by Crippen LogP contribution is 2.31. The number of carbonyl (C=O) groups excluding carboxylic acids is 2. The van der Waals surface area contributed by atoms with Gasteiger partial charge in [-0.3, -0.25) is 14.3 Å². The minimum Gasteiger partial charge on any atom is -0.336 e. The van der Waals surface area contributed by atoms with Crippen LogP contribution in [0.3, 0.4) is 0 Å². The number of likely N-dealkylation sites (tertiary alicyclic amines) is 1. The van der Waals surface area contributed by atoms with Crippen LogP contribution in [0.5, 0.6) is 0 Å². The molecule has 0 aromatic carbocycles. The van der Waals surface area contributed by atoms with E-state index in [0.29, 0.717) is 38.0 Å². The summed E-state index contributed by atoms with van der Waals surface area (Å²) < 4.78 is 3.90. The number of carbonyl (C=O) groups is 2. The maximum atomic E-state index is 12.9. The van der Waals surface area contributed by atoms with E-state index in [1.54, 1.807) is 17.1 Å². The van der Waals surface area contributed by atoms with Crippen molar-refractivity contribution in [3.05, 3.63) is 29.6 Å². The highest BCUT2D eigenvalue weighted by molar-refractivity contribution is 5.93. The van der Waals surface area contributed by atoms with Crippen LogP contribution in [0.1, 0.15) is 67.6 Å². The van der Waals surface area contributed by atoms with Gasteiger partial charge in [-0.1, -0.05) is 6.92 Å². The standard InChI is InChI=1S/C20H29N7O2/c1-3-18(28)26-9-6-5-7-16(26)19-23-22-17-8-10-24(11-12-27(17)19)20(29)15-13-21-25(4-2)14-15/h13-14,16H,3-12H2,1-2H3. The third-order valence-corrected chi connectivity index (χ3v) is 5.97. The quantitative estimate of drug-likeness (QED) is 0.780. The number of amides is 2. The van der Waals surface area contributed by atoms with Crippen LogP contribution >= 0.6 is 0 Å². The number of nitrogens with zero attached hydrogens (tertiary/aromatic N) is 7. The van der Waals surface area contributed by atoms with Crippen molar-refractivity contribution in [1.82, 2.24) is 34.3 Å². The number of rotatable bonds is 4. The minimum atomic E-state index is -0.0116. The summed E-state index contributed by atoms with van der Waals surface area (Å²) in [6, 6.07) is -0.0116. The Balaban J connectivity index is 1.52. The molecule has 1 saturated heterocycles. The minimum absolute atomic E-state index is 0.00501. The van der Waals surface area contributed by atoms with Crippen LogP contribution in [0.4, 0.5) is 0 Å². The third kappa shape index (κ3) is 3.77. The molecule has 0 spiro atoms. The van der Waals surface area contributed by atoms with E-state index in [4.69, 9.17) is 0 Å². The van der Waals surface area contributed by atoms with Gasteiger partial charge < -0.3 is 14.4 Å². The van der Waals surface area contributed by atoms with Crippen molar-refractivity contribution in [1.29, 1.82) is 0 Å². The molecule has 29 heavy (non-hydrogen) atoms. The molecule has 9 heteroatoms. The van der Waals surface area contributed by atoms with Gasteiger partial charge in [0.05, 0.1) is 17.8 Å². The van der Waals surface area contributed by atoms with Crippen molar-refractivity contribution < 1.29 is 9.59 Å². The Labute approximate surface area is 170 Å². The van der Waals surface area contributed by atoms with E-state index in [0.717, 1.165) is 44.0 Å². The van der Waals surface area contributed by atoms with Gasteiger partial charge in [0.1, 0.15) is 5.82 Å². The lowest BCUT2D eigenvalue weighted by molar-refractivity contribution is -0.135. The molecule has 0 aliphatic carbocycles. The van der Waals surface area contributed by atoms with Crippen LogP contribution < -0.4 is 0 Å². The first-order chi connectivity index (χ1) is 14.1. The molecule has 1 fully saturated rings. The van der Waals surface area contributed by atoms with Crippen molar-refractivity contribution in [3.8, 4) is 0 Å². The fourth-order valence-corrected chi connectivity index (χ4v) is 4.33. The zero-order chi connectivity index (χ0) is 20.4. The molecular formula is C20H29N7O2. The van der Waals surface area contributed by atoms with Crippen LogP contribution in [-0.4, -0.2) is 65.8 Å². The van der Waals surface area contributed by atoms with Crippen LogP contribution in [-0.2, 0) is 24.3 Å². The molecule has 2 aliphatic rings. The van der Waals surface area contributed by atoms with E-state index < -0.39 is 0 Å². The van der Waals surface area contributed by atoms with Crippen molar-refractivity contribution >= 4 is 11.8 Å². The molecule has 4 heterocycles. The second-order valence-electron chi connectivity index (χ2n) is 7.71. The number of hydrogen-bond donors (Lipinski definition) is 0. The molecule has 0 radical (unpaired) electrons. The maximum Gasteiger partial charge on any atom is 0.257 e. The zero-order valence-electron chi connectivity index (χ0n) is 17.3. The van der Waals surface area contributed by atoms with Crippen molar-refractivity contribution in [2.45, 2.75) is 65.1 Å². The van der Waals surface area contributed by atoms with Gasteiger partial charge in [0.15, 0.2) is 5.82 Å². The second kappa shape index (κ2) is 8.34. The Hall–Kier alpha value is -2.71. The van der Waals surface area contributed by atoms with Crippen molar-refractivity contribution in [3.63, 3.8) is 0 Å². The maximum absolute atomic E-state index is 12.9. The molecule has 2 aromatic heterocycles. The zero-order valence-corrected chi connectivity index (χ0v) is 17.3. The van der Waals surface area contributed by atoms with E-state index in [1.807, 2.05) is 23.6 Å². The fourth-order valence-electron chi connectivity index (χ4n) is 4.33. The monoisotopic (exact) mass is 399 g/mol. The molecule has 2 aliphatic heterocycles. The van der Waals surface area contributed by atoms with Crippen LogP contribution in [0.2, 0.25) is 0 Å². The second-order valence-corrected chi connectivity index (χ2v) is 7.71. The Bertz CT molecular complexity index is 887. The first-order valence-corrected chi connectivity index (χ1v) is 10.7. The van der Waals surface area contributed by atoms with Gasteiger partial charge in [-0.2, -0.15) is 5.10 Å².